The standard InChI is InChI=1S/C23H31N3O3.HI/c1-24-23(25-13-5-14-28-22-12-15-27-18-22)26-16-19-8-10-21(11-9-19)29-17-20-6-3-2-4-7-20;/h2-4,6-11,22H,5,12-18H2,1H3,(H2,24,25,26);1H. The van der Waals surface area contributed by atoms with Gasteiger partial charge in [-0.25, -0.2) is 0 Å². The maximum Gasteiger partial charge on any atom is 0.191 e. The molecule has 1 aliphatic rings. The first-order valence-electron chi connectivity index (χ1n) is 10.2. The van der Waals surface area contributed by atoms with Gasteiger partial charge < -0.3 is 24.8 Å². The van der Waals surface area contributed by atoms with E-state index in [9.17, 15) is 0 Å². The quantitative estimate of drug-likeness (QED) is 0.214. The molecule has 1 unspecified atom stereocenters. The molecule has 1 heterocycles. The summed E-state index contributed by atoms with van der Waals surface area (Å²) in [7, 11) is 1.78. The molecular formula is C23H32IN3O3. The van der Waals surface area contributed by atoms with E-state index in [1.165, 1.54) is 5.56 Å². The summed E-state index contributed by atoms with van der Waals surface area (Å²) in [5.74, 6) is 1.66. The zero-order valence-corrected chi connectivity index (χ0v) is 19.8. The highest BCUT2D eigenvalue weighted by atomic mass is 127. The van der Waals surface area contributed by atoms with Gasteiger partial charge in [-0.1, -0.05) is 42.5 Å². The van der Waals surface area contributed by atoms with Crippen LogP contribution in [-0.4, -0.2) is 45.5 Å². The fraction of sp³-hybridized carbons (Fsp3) is 0.435. The Labute approximate surface area is 196 Å². The summed E-state index contributed by atoms with van der Waals surface area (Å²) in [5, 5.41) is 6.65. The molecule has 0 aromatic heterocycles. The van der Waals surface area contributed by atoms with Crippen molar-refractivity contribution in [3.63, 3.8) is 0 Å². The fourth-order valence-electron chi connectivity index (χ4n) is 3.02. The van der Waals surface area contributed by atoms with E-state index in [1.807, 2.05) is 30.3 Å². The molecule has 1 fully saturated rings. The van der Waals surface area contributed by atoms with E-state index in [4.69, 9.17) is 14.2 Å². The number of aliphatic imine (C=N–C) groups is 1. The van der Waals surface area contributed by atoms with Crippen molar-refractivity contribution in [1.29, 1.82) is 0 Å². The molecule has 7 heteroatoms. The number of ether oxygens (including phenoxy) is 3. The molecule has 2 aromatic rings. The SMILES string of the molecule is CN=C(NCCCOC1CCOC1)NCc1ccc(OCc2ccccc2)cc1.I. The summed E-state index contributed by atoms with van der Waals surface area (Å²) in [6.45, 7) is 4.38. The maximum atomic E-state index is 5.83. The van der Waals surface area contributed by atoms with Crippen LogP contribution in [-0.2, 0) is 22.6 Å². The van der Waals surface area contributed by atoms with Gasteiger partial charge in [0.25, 0.3) is 0 Å². The van der Waals surface area contributed by atoms with E-state index >= 15 is 0 Å². The smallest absolute Gasteiger partial charge is 0.191 e. The average molecular weight is 525 g/mol. The zero-order valence-electron chi connectivity index (χ0n) is 17.5. The van der Waals surface area contributed by atoms with Crippen molar-refractivity contribution in [3.8, 4) is 5.75 Å². The molecule has 1 saturated heterocycles. The lowest BCUT2D eigenvalue weighted by atomic mass is 10.2. The molecule has 0 bridgehead atoms. The number of hydrogen-bond donors (Lipinski definition) is 2. The van der Waals surface area contributed by atoms with Crippen LogP contribution in [0.25, 0.3) is 0 Å². The van der Waals surface area contributed by atoms with Gasteiger partial charge in [0.1, 0.15) is 12.4 Å². The molecule has 0 radical (unpaired) electrons. The molecule has 1 atom stereocenters. The monoisotopic (exact) mass is 525 g/mol. The largest absolute Gasteiger partial charge is 0.489 e. The Morgan fingerprint density at radius 2 is 1.87 bits per heavy atom. The van der Waals surface area contributed by atoms with Crippen LogP contribution in [0.1, 0.15) is 24.0 Å². The highest BCUT2D eigenvalue weighted by Crippen LogP contribution is 2.14. The Balaban J connectivity index is 0.00000320. The predicted octanol–water partition coefficient (Wildman–Crippen LogP) is 3.74. The lowest BCUT2D eigenvalue weighted by Gasteiger charge is -2.13. The molecule has 0 saturated carbocycles. The first kappa shape index (κ1) is 24.4. The molecule has 30 heavy (non-hydrogen) atoms. The van der Waals surface area contributed by atoms with E-state index in [2.05, 4.69) is 39.9 Å². The Morgan fingerprint density at radius 3 is 2.57 bits per heavy atom. The van der Waals surface area contributed by atoms with Crippen LogP contribution in [0.2, 0.25) is 0 Å². The lowest BCUT2D eigenvalue weighted by Crippen LogP contribution is -2.37. The number of hydrogen-bond acceptors (Lipinski definition) is 4. The van der Waals surface area contributed by atoms with Crippen LogP contribution < -0.4 is 15.4 Å². The normalized spacial score (nSPS) is 16.0. The van der Waals surface area contributed by atoms with Gasteiger partial charge in [0.15, 0.2) is 5.96 Å². The minimum absolute atomic E-state index is 0. The van der Waals surface area contributed by atoms with Gasteiger partial charge in [-0.15, -0.1) is 24.0 Å². The highest BCUT2D eigenvalue weighted by molar-refractivity contribution is 14.0. The molecule has 164 valence electrons. The predicted molar refractivity (Wildman–Crippen MR) is 131 cm³/mol. The minimum atomic E-state index is 0. The number of nitrogens with zero attached hydrogens (tertiary/aromatic N) is 1. The van der Waals surface area contributed by atoms with Gasteiger partial charge in [0.2, 0.25) is 0 Å². The van der Waals surface area contributed by atoms with Crippen molar-refractivity contribution in [1.82, 2.24) is 10.6 Å². The Kier molecular flexibility index (Phi) is 11.6. The van der Waals surface area contributed by atoms with E-state index in [0.717, 1.165) is 56.5 Å². The number of nitrogens with one attached hydrogen (secondary N) is 2. The summed E-state index contributed by atoms with van der Waals surface area (Å²) in [4.78, 5) is 4.27. The minimum Gasteiger partial charge on any atom is -0.489 e. The van der Waals surface area contributed by atoms with Crippen molar-refractivity contribution in [2.24, 2.45) is 4.99 Å². The second-order valence-corrected chi connectivity index (χ2v) is 6.98. The molecule has 6 nitrogen and oxygen atoms in total. The van der Waals surface area contributed by atoms with Crippen molar-refractivity contribution in [3.05, 3.63) is 65.7 Å². The van der Waals surface area contributed by atoms with Gasteiger partial charge in [-0.2, -0.15) is 0 Å². The topological polar surface area (TPSA) is 64.1 Å². The Bertz CT molecular complexity index is 735. The van der Waals surface area contributed by atoms with Gasteiger partial charge >= 0.3 is 0 Å². The summed E-state index contributed by atoms with van der Waals surface area (Å²) in [5.41, 5.74) is 2.33. The van der Waals surface area contributed by atoms with Crippen LogP contribution in [0.15, 0.2) is 59.6 Å². The van der Waals surface area contributed by atoms with E-state index in [0.29, 0.717) is 13.2 Å². The van der Waals surface area contributed by atoms with Gasteiger partial charge in [0.05, 0.1) is 12.7 Å². The van der Waals surface area contributed by atoms with Gasteiger partial charge in [-0.05, 0) is 36.1 Å². The Hall–Kier alpha value is -1.84. The van der Waals surface area contributed by atoms with Crippen molar-refractivity contribution >= 4 is 29.9 Å². The zero-order chi connectivity index (χ0) is 20.2. The van der Waals surface area contributed by atoms with Crippen molar-refractivity contribution in [2.45, 2.75) is 32.1 Å². The van der Waals surface area contributed by atoms with E-state index < -0.39 is 0 Å². The molecule has 0 aliphatic carbocycles. The number of guanidine groups is 1. The highest BCUT2D eigenvalue weighted by Gasteiger charge is 2.15. The lowest BCUT2D eigenvalue weighted by molar-refractivity contribution is 0.0420. The van der Waals surface area contributed by atoms with Crippen LogP contribution >= 0.6 is 24.0 Å². The first-order valence-corrected chi connectivity index (χ1v) is 10.2. The third kappa shape index (κ3) is 8.89. The van der Waals surface area contributed by atoms with Crippen LogP contribution in [0.5, 0.6) is 5.75 Å². The molecule has 0 spiro atoms. The van der Waals surface area contributed by atoms with Gasteiger partial charge in [0, 0.05) is 33.4 Å². The third-order valence-corrected chi connectivity index (χ3v) is 4.71. The van der Waals surface area contributed by atoms with E-state index in [1.54, 1.807) is 7.05 Å². The van der Waals surface area contributed by atoms with Gasteiger partial charge in [-0.3, -0.25) is 4.99 Å². The van der Waals surface area contributed by atoms with Crippen molar-refractivity contribution < 1.29 is 14.2 Å². The summed E-state index contributed by atoms with van der Waals surface area (Å²) in [6.07, 6.45) is 2.21. The van der Waals surface area contributed by atoms with E-state index in [-0.39, 0.29) is 30.1 Å². The van der Waals surface area contributed by atoms with Crippen LogP contribution in [0.4, 0.5) is 0 Å². The molecule has 2 N–H and O–H groups in total. The second kappa shape index (κ2) is 14.2. The summed E-state index contributed by atoms with van der Waals surface area (Å²) >= 11 is 0. The number of benzene rings is 2. The molecule has 2 aromatic carbocycles. The molecular weight excluding hydrogens is 493 g/mol. The maximum absolute atomic E-state index is 5.83. The summed E-state index contributed by atoms with van der Waals surface area (Å²) in [6, 6.07) is 18.3. The number of halogens is 1. The molecule has 3 rings (SSSR count). The number of rotatable bonds is 10. The van der Waals surface area contributed by atoms with Crippen LogP contribution in [0, 0.1) is 0 Å². The average Bonchev–Trinajstić information content (AvgIpc) is 3.29. The first-order chi connectivity index (χ1) is 14.3. The van der Waals surface area contributed by atoms with Crippen molar-refractivity contribution in [2.75, 3.05) is 33.4 Å². The summed E-state index contributed by atoms with van der Waals surface area (Å²) < 4.78 is 16.9. The second-order valence-electron chi connectivity index (χ2n) is 6.98. The fourth-order valence-corrected chi connectivity index (χ4v) is 3.02. The molecule has 0 amide bonds. The van der Waals surface area contributed by atoms with Crippen LogP contribution in [0.3, 0.4) is 0 Å². The Morgan fingerprint density at radius 1 is 1.07 bits per heavy atom. The molecule has 1 aliphatic heterocycles. The third-order valence-electron chi connectivity index (χ3n) is 4.71.